The van der Waals surface area contributed by atoms with Crippen molar-refractivity contribution in [1.82, 2.24) is 10.4 Å². The summed E-state index contributed by atoms with van der Waals surface area (Å²) in [5, 5.41) is 13.1. The molecule has 2 aliphatic heterocycles. The van der Waals surface area contributed by atoms with Crippen molar-refractivity contribution >= 4 is 17.5 Å². The molecule has 1 unspecified atom stereocenters. The first-order chi connectivity index (χ1) is 12.7. The summed E-state index contributed by atoms with van der Waals surface area (Å²) < 4.78 is 5.26. The Morgan fingerprint density at radius 3 is 2.92 bits per heavy atom. The summed E-state index contributed by atoms with van der Waals surface area (Å²) in [6.45, 7) is 4.48. The third-order valence-electron chi connectivity index (χ3n) is 4.75. The number of Topliss-reactive ketones (excluding diaryl/α,β-unsaturated/α-hetero) is 1. The fraction of sp³-hybridized carbons (Fsp3) is 0.444. The second-order valence-corrected chi connectivity index (χ2v) is 6.49. The van der Waals surface area contributed by atoms with Gasteiger partial charge in [-0.2, -0.15) is 10.2 Å². The minimum atomic E-state index is -0.366. The Morgan fingerprint density at radius 2 is 2.15 bits per heavy atom. The first kappa shape index (κ1) is 16.9. The molecule has 136 valence electrons. The number of ketones is 1. The molecule has 1 atom stereocenters. The topological polar surface area (TPSA) is 95.4 Å². The van der Waals surface area contributed by atoms with Gasteiger partial charge >= 0.3 is 6.03 Å². The molecule has 2 N–H and O–H groups in total. The summed E-state index contributed by atoms with van der Waals surface area (Å²) in [6.07, 6.45) is 1.64. The molecule has 0 bridgehead atoms. The minimum absolute atomic E-state index is 0.0827. The number of fused-ring (bicyclic) bond motifs is 3. The van der Waals surface area contributed by atoms with Gasteiger partial charge in [-0.3, -0.25) is 10.2 Å². The summed E-state index contributed by atoms with van der Waals surface area (Å²) in [5.41, 5.74) is 6.05. The second-order valence-electron chi connectivity index (χ2n) is 6.49. The fourth-order valence-electron chi connectivity index (χ4n) is 3.55. The molecule has 26 heavy (non-hydrogen) atoms. The average molecular weight is 355 g/mol. The number of hydrogen-bond acceptors (Lipinski definition) is 6. The zero-order valence-corrected chi connectivity index (χ0v) is 14.6. The van der Waals surface area contributed by atoms with E-state index in [1.807, 2.05) is 19.1 Å². The van der Waals surface area contributed by atoms with E-state index in [4.69, 9.17) is 4.74 Å². The molecule has 0 saturated carbocycles. The van der Waals surface area contributed by atoms with Crippen molar-refractivity contribution < 1.29 is 14.3 Å². The number of allylic oxidation sites excluding steroid dienone is 1. The van der Waals surface area contributed by atoms with Crippen LogP contribution in [0, 0.1) is 0 Å². The number of amides is 2. The van der Waals surface area contributed by atoms with Crippen LogP contribution in [0.15, 0.2) is 39.7 Å². The number of anilines is 1. The third-order valence-corrected chi connectivity index (χ3v) is 4.75. The van der Waals surface area contributed by atoms with Gasteiger partial charge < -0.3 is 10.1 Å². The predicted octanol–water partition coefficient (Wildman–Crippen LogP) is 2.81. The van der Waals surface area contributed by atoms with Crippen LogP contribution in [-0.4, -0.2) is 43.1 Å². The normalized spacial score (nSPS) is 21.7. The second kappa shape index (κ2) is 6.97. The van der Waals surface area contributed by atoms with Crippen molar-refractivity contribution in [3.05, 3.63) is 40.6 Å². The lowest BCUT2D eigenvalue weighted by atomic mass is 10.0. The van der Waals surface area contributed by atoms with E-state index in [0.29, 0.717) is 43.1 Å². The number of ether oxygens (including phenoxy) is 1. The maximum atomic E-state index is 13.0. The number of rotatable bonds is 4. The number of hydrogen-bond donors (Lipinski definition) is 2. The van der Waals surface area contributed by atoms with Crippen molar-refractivity contribution in [2.45, 2.75) is 25.8 Å². The number of benzene rings is 1. The third kappa shape index (κ3) is 2.91. The van der Waals surface area contributed by atoms with Crippen LogP contribution in [0.4, 0.5) is 10.5 Å². The molecule has 0 aromatic heterocycles. The molecule has 2 heterocycles. The largest absolute Gasteiger partial charge is 0.379 e. The highest BCUT2D eigenvalue weighted by molar-refractivity contribution is 6.19. The lowest BCUT2D eigenvalue weighted by Crippen LogP contribution is -2.49. The van der Waals surface area contributed by atoms with Crippen LogP contribution in [0.3, 0.4) is 0 Å². The zero-order valence-electron chi connectivity index (χ0n) is 14.6. The molecule has 0 spiro atoms. The van der Waals surface area contributed by atoms with E-state index in [-0.39, 0.29) is 17.9 Å². The highest BCUT2D eigenvalue weighted by atomic mass is 16.5. The first-order valence-corrected chi connectivity index (χ1v) is 8.91. The van der Waals surface area contributed by atoms with Gasteiger partial charge in [-0.05, 0) is 18.1 Å². The van der Waals surface area contributed by atoms with Gasteiger partial charge in [0.25, 0.3) is 0 Å². The van der Waals surface area contributed by atoms with E-state index in [9.17, 15) is 9.59 Å². The number of hydrazine groups is 1. The average Bonchev–Trinajstić information content (AvgIpc) is 3.17. The predicted molar refractivity (Wildman–Crippen MR) is 94.8 cm³/mol. The number of nitrogens with zero attached hydrogens (tertiary/aromatic N) is 3. The Balaban J connectivity index is 1.56. The number of azo groups is 1. The highest BCUT2D eigenvalue weighted by Gasteiger charge is 2.41. The Bertz CT molecular complexity index is 811. The minimum Gasteiger partial charge on any atom is -0.379 e. The van der Waals surface area contributed by atoms with Gasteiger partial charge in [0.15, 0.2) is 5.78 Å². The van der Waals surface area contributed by atoms with Gasteiger partial charge in [0.1, 0.15) is 6.04 Å². The number of urea groups is 1. The van der Waals surface area contributed by atoms with Gasteiger partial charge in [-0.15, -0.1) is 0 Å². The number of nitrogens with one attached hydrogen (secondary N) is 2. The number of morpholine rings is 1. The lowest BCUT2D eigenvalue weighted by Gasteiger charge is -2.27. The van der Waals surface area contributed by atoms with Crippen LogP contribution in [0.5, 0.6) is 0 Å². The SMILES string of the molecule is CCCC1=C2C(=O)c3c(NC(=O)NN4CCOCC4)cccc3C2N=N1. The van der Waals surface area contributed by atoms with Gasteiger partial charge in [0.2, 0.25) is 0 Å². The molecule has 8 nitrogen and oxygen atoms in total. The molecule has 1 aromatic carbocycles. The Labute approximate surface area is 151 Å². The quantitative estimate of drug-likeness (QED) is 0.868. The van der Waals surface area contributed by atoms with E-state index in [2.05, 4.69) is 21.0 Å². The van der Waals surface area contributed by atoms with Crippen molar-refractivity contribution in [2.75, 3.05) is 31.6 Å². The summed E-state index contributed by atoms with van der Waals surface area (Å²) >= 11 is 0. The molecule has 1 saturated heterocycles. The van der Waals surface area contributed by atoms with Gasteiger partial charge in [-0.25, -0.2) is 9.80 Å². The van der Waals surface area contributed by atoms with E-state index in [0.717, 1.165) is 24.1 Å². The van der Waals surface area contributed by atoms with Crippen LogP contribution >= 0.6 is 0 Å². The molecule has 1 fully saturated rings. The molecule has 2 amide bonds. The fourth-order valence-corrected chi connectivity index (χ4v) is 3.55. The molecule has 8 heteroatoms. The maximum absolute atomic E-state index is 13.0. The standard InChI is InChI=1S/C18H21N5O3/c1-2-4-13-15-16(21-20-13)11-5-3-6-12(14(11)17(15)24)19-18(25)22-23-7-9-26-10-8-23/h3,5-6,16H,2,4,7-10H2,1H3,(H2,19,22,25). The zero-order chi connectivity index (χ0) is 18.1. The van der Waals surface area contributed by atoms with E-state index >= 15 is 0 Å². The smallest absolute Gasteiger partial charge is 0.333 e. The Morgan fingerprint density at radius 1 is 1.35 bits per heavy atom. The van der Waals surface area contributed by atoms with Gasteiger partial charge in [0, 0.05) is 13.1 Å². The molecule has 3 aliphatic rings. The molecule has 4 rings (SSSR count). The van der Waals surface area contributed by atoms with Crippen molar-refractivity contribution in [1.29, 1.82) is 0 Å². The van der Waals surface area contributed by atoms with Crippen LogP contribution in [0.2, 0.25) is 0 Å². The van der Waals surface area contributed by atoms with Crippen molar-refractivity contribution in [3.63, 3.8) is 0 Å². The molecular formula is C18H21N5O3. The molecule has 1 aliphatic carbocycles. The number of carbonyl (C=O) groups is 2. The summed E-state index contributed by atoms with van der Waals surface area (Å²) in [4.78, 5) is 25.3. The van der Waals surface area contributed by atoms with Crippen LogP contribution in [-0.2, 0) is 4.74 Å². The van der Waals surface area contributed by atoms with Crippen LogP contribution in [0.1, 0.15) is 41.7 Å². The van der Waals surface area contributed by atoms with Crippen LogP contribution in [0.25, 0.3) is 0 Å². The van der Waals surface area contributed by atoms with E-state index in [1.54, 1.807) is 11.1 Å². The Hall–Kier alpha value is -2.58. The Kier molecular flexibility index (Phi) is 4.52. The molecule has 0 radical (unpaired) electrons. The monoisotopic (exact) mass is 355 g/mol. The first-order valence-electron chi connectivity index (χ1n) is 8.91. The van der Waals surface area contributed by atoms with Gasteiger partial charge in [0.05, 0.1) is 35.7 Å². The summed E-state index contributed by atoms with van der Waals surface area (Å²) in [5.74, 6) is -0.0827. The van der Waals surface area contributed by atoms with E-state index in [1.165, 1.54) is 0 Å². The lowest BCUT2D eigenvalue weighted by molar-refractivity contribution is 0.0207. The maximum Gasteiger partial charge on any atom is 0.333 e. The molecule has 1 aromatic rings. The van der Waals surface area contributed by atoms with Crippen LogP contribution < -0.4 is 10.7 Å². The van der Waals surface area contributed by atoms with E-state index < -0.39 is 0 Å². The van der Waals surface area contributed by atoms with Crippen molar-refractivity contribution in [2.24, 2.45) is 10.2 Å². The molecular weight excluding hydrogens is 334 g/mol. The highest BCUT2D eigenvalue weighted by Crippen LogP contribution is 2.47. The van der Waals surface area contributed by atoms with Gasteiger partial charge in [-0.1, -0.05) is 25.5 Å². The van der Waals surface area contributed by atoms with Crippen molar-refractivity contribution in [3.8, 4) is 0 Å². The summed E-state index contributed by atoms with van der Waals surface area (Å²) in [7, 11) is 0. The summed E-state index contributed by atoms with van der Waals surface area (Å²) in [6, 6.07) is 4.75. The number of carbonyl (C=O) groups excluding carboxylic acids is 2.